The van der Waals surface area contributed by atoms with Gasteiger partial charge in [0, 0.05) is 7.05 Å². The smallest absolute Gasteiger partial charge is 0.0790 e. The highest BCUT2D eigenvalue weighted by Gasteiger charge is 2.19. The molecule has 2 rings (SSSR count). The van der Waals surface area contributed by atoms with E-state index in [1.807, 2.05) is 22.5 Å². The molecule has 0 bridgehead atoms. The van der Waals surface area contributed by atoms with Gasteiger partial charge in [0.2, 0.25) is 0 Å². The standard InChI is InChI=1S/C7H8IN3/c1-10-7-5-3-2-4-6(7)9-11(10)8/h2-5,9H,1H3. The van der Waals surface area contributed by atoms with Crippen LogP contribution in [0.15, 0.2) is 24.3 Å². The summed E-state index contributed by atoms with van der Waals surface area (Å²) in [6, 6.07) is 8.20. The fourth-order valence-corrected chi connectivity index (χ4v) is 1.61. The molecule has 0 fully saturated rings. The van der Waals surface area contributed by atoms with Gasteiger partial charge in [-0.3, -0.25) is 10.4 Å². The number of hydrogen-bond acceptors (Lipinski definition) is 3. The van der Waals surface area contributed by atoms with Crippen LogP contribution in [0.3, 0.4) is 0 Å². The van der Waals surface area contributed by atoms with Gasteiger partial charge in [-0.15, -0.1) is 0 Å². The molecule has 0 aliphatic carbocycles. The number of hydrogen-bond donors (Lipinski definition) is 1. The molecular weight excluding hydrogens is 253 g/mol. The van der Waals surface area contributed by atoms with Gasteiger partial charge in [-0.2, -0.15) is 0 Å². The Balaban J connectivity index is 2.47. The van der Waals surface area contributed by atoms with Crippen LogP contribution in [0.2, 0.25) is 0 Å². The van der Waals surface area contributed by atoms with Gasteiger partial charge < -0.3 is 0 Å². The number of rotatable bonds is 0. The molecule has 0 radical (unpaired) electrons. The van der Waals surface area contributed by atoms with Crippen molar-refractivity contribution in [3.05, 3.63) is 24.3 Å². The molecule has 0 spiro atoms. The SMILES string of the molecule is CN1c2ccccc2NN1I. The Bertz CT molecular complexity index is 276. The topological polar surface area (TPSA) is 18.5 Å². The number of anilines is 2. The lowest BCUT2D eigenvalue weighted by atomic mass is 10.3. The Hall–Kier alpha value is -0.490. The first-order chi connectivity index (χ1) is 5.29. The summed E-state index contributed by atoms with van der Waals surface area (Å²) in [7, 11) is 2.02. The fourth-order valence-electron chi connectivity index (χ4n) is 1.12. The Morgan fingerprint density at radius 3 is 2.82 bits per heavy atom. The predicted molar refractivity (Wildman–Crippen MR) is 54.3 cm³/mol. The molecule has 58 valence electrons. The summed E-state index contributed by atoms with van der Waals surface area (Å²) >= 11 is 2.20. The number of halogens is 1. The summed E-state index contributed by atoms with van der Waals surface area (Å²) in [5.41, 5.74) is 5.56. The fraction of sp³-hybridized carbons (Fsp3) is 0.143. The second-order valence-electron chi connectivity index (χ2n) is 2.41. The third kappa shape index (κ3) is 1.06. The highest BCUT2D eigenvalue weighted by Crippen LogP contribution is 2.33. The van der Waals surface area contributed by atoms with Crippen LogP contribution in [0.1, 0.15) is 0 Å². The number of nitrogens with one attached hydrogen (secondary N) is 1. The van der Waals surface area contributed by atoms with Crippen molar-refractivity contribution in [2.24, 2.45) is 0 Å². The van der Waals surface area contributed by atoms with Gasteiger partial charge in [0.05, 0.1) is 34.2 Å². The Kier molecular flexibility index (Phi) is 1.65. The largest absolute Gasteiger partial charge is 0.290 e. The summed E-state index contributed by atoms with van der Waals surface area (Å²) in [5.74, 6) is 0. The Morgan fingerprint density at radius 2 is 2.09 bits per heavy atom. The van der Waals surface area contributed by atoms with Crippen LogP contribution in [-0.4, -0.2) is 10.4 Å². The van der Waals surface area contributed by atoms with Crippen LogP contribution in [-0.2, 0) is 0 Å². The van der Waals surface area contributed by atoms with Crippen LogP contribution >= 0.6 is 22.9 Å². The number of fused-ring (bicyclic) bond motifs is 1. The first-order valence-electron chi connectivity index (χ1n) is 3.34. The molecule has 1 aliphatic heterocycles. The van der Waals surface area contributed by atoms with E-state index in [2.05, 4.69) is 45.4 Å². The van der Waals surface area contributed by atoms with E-state index in [0.29, 0.717) is 0 Å². The van der Waals surface area contributed by atoms with Crippen LogP contribution in [0.4, 0.5) is 11.4 Å². The molecule has 1 heterocycles. The molecule has 1 N–H and O–H groups in total. The van der Waals surface area contributed by atoms with Gasteiger partial charge in [0.15, 0.2) is 0 Å². The molecule has 1 aromatic rings. The van der Waals surface area contributed by atoms with E-state index in [-0.39, 0.29) is 0 Å². The van der Waals surface area contributed by atoms with Gasteiger partial charge in [-0.1, -0.05) is 15.5 Å². The van der Waals surface area contributed by atoms with E-state index < -0.39 is 0 Å². The van der Waals surface area contributed by atoms with Crippen LogP contribution < -0.4 is 10.4 Å². The average molecular weight is 261 g/mol. The van der Waals surface area contributed by atoms with Crippen molar-refractivity contribution in [1.82, 2.24) is 3.33 Å². The maximum Gasteiger partial charge on any atom is 0.0790 e. The van der Waals surface area contributed by atoms with Gasteiger partial charge >= 0.3 is 0 Å². The molecule has 3 nitrogen and oxygen atoms in total. The van der Waals surface area contributed by atoms with E-state index in [1.165, 1.54) is 5.69 Å². The zero-order valence-electron chi connectivity index (χ0n) is 6.08. The van der Waals surface area contributed by atoms with Gasteiger partial charge in [0.1, 0.15) is 0 Å². The first kappa shape index (κ1) is 7.17. The van der Waals surface area contributed by atoms with Crippen LogP contribution in [0.25, 0.3) is 0 Å². The second-order valence-corrected chi connectivity index (χ2v) is 3.33. The molecule has 4 heteroatoms. The number of para-hydroxylation sites is 2. The number of benzene rings is 1. The molecule has 0 unspecified atom stereocenters. The number of nitrogens with zero attached hydrogens (tertiary/aromatic N) is 2. The van der Waals surface area contributed by atoms with Crippen molar-refractivity contribution in [1.29, 1.82) is 0 Å². The minimum atomic E-state index is 1.16. The Morgan fingerprint density at radius 1 is 1.36 bits per heavy atom. The molecule has 0 saturated carbocycles. The van der Waals surface area contributed by atoms with Gasteiger partial charge in [-0.05, 0) is 12.1 Å². The van der Waals surface area contributed by atoms with Gasteiger partial charge in [-0.25, -0.2) is 0 Å². The van der Waals surface area contributed by atoms with Crippen molar-refractivity contribution >= 4 is 34.2 Å². The molecule has 0 aromatic heterocycles. The Labute approximate surface area is 79.4 Å². The van der Waals surface area contributed by atoms with Crippen LogP contribution in [0, 0.1) is 0 Å². The van der Waals surface area contributed by atoms with E-state index in [4.69, 9.17) is 0 Å². The highest BCUT2D eigenvalue weighted by atomic mass is 127. The lowest BCUT2D eigenvalue weighted by Crippen LogP contribution is -2.28. The summed E-state index contributed by atoms with van der Waals surface area (Å²) in [6.07, 6.45) is 0. The van der Waals surface area contributed by atoms with Crippen LogP contribution in [0.5, 0.6) is 0 Å². The molecular formula is C7H8IN3. The maximum atomic E-state index is 3.19. The summed E-state index contributed by atoms with van der Waals surface area (Å²) in [4.78, 5) is 0. The average Bonchev–Trinajstić information content (AvgIpc) is 2.30. The van der Waals surface area contributed by atoms with Crippen molar-refractivity contribution in [3.63, 3.8) is 0 Å². The van der Waals surface area contributed by atoms with E-state index in [1.54, 1.807) is 0 Å². The maximum absolute atomic E-state index is 3.19. The molecule has 0 atom stereocenters. The minimum Gasteiger partial charge on any atom is -0.290 e. The minimum absolute atomic E-state index is 1.16. The molecule has 1 aliphatic rings. The van der Waals surface area contributed by atoms with Crippen molar-refractivity contribution in [3.8, 4) is 0 Å². The first-order valence-corrected chi connectivity index (χ1v) is 4.31. The third-order valence-electron chi connectivity index (χ3n) is 1.73. The predicted octanol–water partition coefficient (Wildman–Crippen LogP) is 2.03. The van der Waals surface area contributed by atoms with Crippen molar-refractivity contribution in [2.75, 3.05) is 17.5 Å². The van der Waals surface area contributed by atoms with E-state index in [0.717, 1.165) is 5.69 Å². The zero-order chi connectivity index (χ0) is 7.84. The number of hydrazine groups is 2. The third-order valence-corrected chi connectivity index (χ3v) is 2.62. The normalized spacial score (nSPS) is 16.4. The lowest BCUT2D eigenvalue weighted by Gasteiger charge is -2.17. The summed E-state index contributed by atoms with van der Waals surface area (Å²) < 4.78 is 1.92. The second kappa shape index (κ2) is 2.53. The molecule has 1 aromatic carbocycles. The lowest BCUT2D eigenvalue weighted by molar-refractivity contribution is 0.618. The van der Waals surface area contributed by atoms with E-state index >= 15 is 0 Å². The summed E-state index contributed by atoms with van der Waals surface area (Å²) in [6.45, 7) is 0. The summed E-state index contributed by atoms with van der Waals surface area (Å²) in [5, 5.41) is 2.05. The van der Waals surface area contributed by atoms with Crippen molar-refractivity contribution in [2.45, 2.75) is 0 Å². The van der Waals surface area contributed by atoms with E-state index in [9.17, 15) is 0 Å². The quantitative estimate of drug-likeness (QED) is 0.569. The molecule has 0 saturated heterocycles. The van der Waals surface area contributed by atoms with Crippen molar-refractivity contribution < 1.29 is 0 Å². The van der Waals surface area contributed by atoms with Gasteiger partial charge in [0.25, 0.3) is 0 Å². The zero-order valence-corrected chi connectivity index (χ0v) is 8.24. The molecule has 11 heavy (non-hydrogen) atoms. The monoisotopic (exact) mass is 261 g/mol. The highest BCUT2D eigenvalue weighted by molar-refractivity contribution is 14.1. The molecule has 0 amide bonds.